The van der Waals surface area contributed by atoms with E-state index in [1.54, 1.807) is 23.1 Å². The third kappa shape index (κ3) is 5.24. The van der Waals surface area contributed by atoms with Gasteiger partial charge in [-0.2, -0.15) is 0 Å². The van der Waals surface area contributed by atoms with E-state index < -0.39 is 4.92 Å². The van der Waals surface area contributed by atoms with Crippen molar-refractivity contribution in [1.29, 1.82) is 0 Å². The van der Waals surface area contributed by atoms with Gasteiger partial charge in [0.1, 0.15) is 0 Å². The first-order valence-corrected chi connectivity index (χ1v) is 9.91. The molecule has 0 bridgehead atoms. The number of fused-ring (bicyclic) bond motifs is 1. The predicted molar refractivity (Wildman–Crippen MR) is 117 cm³/mol. The first-order chi connectivity index (χ1) is 13.8. The lowest BCUT2D eigenvalue weighted by molar-refractivity contribution is -0.384. The number of thiazole rings is 1. The van der Waals surface area contributed by atoms with Gasteiger partial charge in [-0.15, -0.1) is 0 Å². The molecule has 1 amide bonds. The Hall–Kier alpha value is -3.10. The highest BCUT2D eigenvalue weighted by Gasteiger charge is 2.18. The monoisotopic (exact) mass is 410 g/mol. The molecule has 0 radical (unpaired) electrons. The zero-order chi connectivity index (χ0) is 21.0. The van der Waals surface area contributed by atoms with Crippen LogP contribution in [0.1, 0.15) is 11.1 Å². The number of hydrogen-bond acceptors (Lipinski definition) is 6. The highest BCUT2D eigenvalue weighted by atomic mass is 32.1. The number of nitrogens with zero attached hydrogens (tertiary/aromatic N) is 4. The number of rotatable bonds is 7. The number of carbonyl (C=O) groups excluding carboxylic acids is 1. The maximum Gasteiger partial charge on any atom is 0.270 e. The number of carbonyl (C=O) groups is 1. The number of hydrogen-bond donors (Lipinski definition) is 0. The molecule has 1 aromatic heterocycles. The van der Waals surface area contributed by atoms with Crippen LogP contribution in [-0.4, -0.2) is 47.9 Å². The molecule has 8 heteroatoms. The number of anilines is 1. The Morgan fingerprint density at radius 3 is 2.72 bits per heavy atom. The average molecular weight is 410 g/mol. The van der Waals surface area contributed by atoms with Crippen LogP contribution in [0.2, 0.25) is 0 Å². The maximum atomic E-state index is 12.9. The first kappa shape index (κ1) is 20.6. The minimum absolute atomic E-state index is 0.00870. The zero-order valence-corrected chi connectivity index (χ0v) is 17.3. The van der Waals surface area contributed by atoms with Gasteiger partial charge in [0, 0.05) is 31.3 Å². The van der Waals surface area contributed by atoms with E-state index in [-0.39, 0.29) is 11.6 Å². The number of benzene rings is 2. The van der Waals surface area contributed by atoms with Crippen LogP contribution in [0.4, 0.5) is 10.8 Å². The Kier molecular flexibility index (Phi) is 6.36. The smallest absolute Gasteiger partial charge is 0.270 e. The van der Waals surface area contributed by atoms with Gasteiger partial charge >= 0.3 is 0 Å². The topological polar surface area (TPSA) is 79.6 Å². The lowest BCUT2D eigenvalue weighted by Gasteiger charge is -2.20. The van der Waals surface area contributed by atoms with Crippen LogP contribution < -0.4 is 4.90 Å². The quantitative estimate of drug-likeness (QED) is 0.333. The number of likely N-dealkylation sites (N-methyl/N-ethyl adjacent to an activating group) is 1. The van der Waals surface area contributed by atoms with Crippen molar-refractivity contribution in [2.75, 3.05) is 32.1 Å². The summed E-state index contributed by atoms with van der Waals surface area (Å²) >= 11 is 1.48. The molecule has 0 aliphatic rings. The van der Waals surface area contributed by atoms with Gasteiger partial charge in [0.2, 0.25) is 0 Å². The van der Waals surface area contributed by atoms with Gasteiger partial charge < -0.3 is 4.90 Å². The van der Waals surface area contributed by atoms with Crippen molar-refractivity contribution < 1.29 is 9.72 Å². The van der Waals surface area contributed by atoms with Crippen LogP contribution in [0.15, 0.2) is 48.5 Å². The second kappa shape index (κ2) is 8.93. The van der Waals surface area contributed by atoms with Gasteiger partial charge in [0.25, 0.3) is 11.6 Å². The Morgan fingerprint density at radius 1 is 1.21 bits per heavy atom. The van der Waals surface area contributed by atoms with Gasteiger partial charge in [-0.25, -0.2) is 4.98 Å². The number of amides is 1. The highest BCUT2D eigenvalue weighted by molar-refractivity contribution is 7.22. The molecule has 0 N–H and O–H groups in total. The van der Waals surface area contributed by atoms with Crippen molar-refractivity contribution in [3.05, 3.63) is 69.8 Å². The largest absolute Gasteiger partial charge is 0.308 e. The van der Waals surface area contributed by atoms with Crippen molar-refractivity contribution in [2.24, 2.45) is 0 Å². The summed E-state index contributed by atoms with van der Waals surface area (Å²) in [6, 6.07) is 12.2. The van der Waals surface area contributed by atoms with E-state index in [2.05, 4.69) is 11.1 Å². The van der Waals surface area contributed by atoms with Gasteiger partial charge in [-0.3, -0.25) is 19.8 Å². The van der Waals surface area contributed by atoms with Gasteiger partial charge in [-0.1, -0.05) is 29.5 Å². The van der Waals surface area contributed by atoms with Crippen molar-refractivity contribution in [1.82, 2.24) is 9.88 Å². The van der Waals surface area contributed by atoms with Crippen LogP contribution in [0.3, 0.4) is 0 Å². The van der Waals surface area contributed by atoms with Crippen molar-refractivity contribution >= 4 is 44.4 Å². The zero-order valence-electron chi connectivity index (χ0n) is 16.5. The van der Waals surface area contributed by atoms with Crippen LogP contribution in [0.25, 0.3) is 16.3 Å². The lowest BCUT2D eigenvalue weighted by atomic mass is 10.2. The summed E-state index contributed by atoms with van der Waals surface area (Å²) in [7, 11) is 3.90. The van der Waals surface area contributed by atoms with Crippen LogP contribution in [0.5, 0.6) is 0 Å². The lowest BCUT2D eigenvalue weighted by Crippen LogP contribution is -2.35. The Bertz CT molecular complexity index is 1070. The summed E-state index contributed by atoms with van der Waals surface area (Å²) in [5.41, 5.74) is 2.59. The molecule has 3 rings (SSSR count). The van der Waals surface area contributed by atoms with Crippen LogP contribution in [-0.2, 0) is 4.79 Å². The number of non-ortho nitro benzene ring substituents is 1. The fourth-order valence-electron chi connectivity index (χ4n) is 2.73. The van der Waals surface area contributed by atoms with E-state index in [4.69, 9.17) is 0 Å². The second-order valence-electron chi connectivity index (χ2n) is 6.95. The molecule has 0 fully saturated rings. The molecule has 2 aromatic carbocycles. The fraction of sp³-hybridized carbons (Fsp3) is 0.238. The summed E-state index contributed by atoms with van der Waals surface area (Å²) in [4.78, 5) is 31.7. The normalized spacial score (nSPS) is 11.4. The molecule has 0 saturated heterocycles. The van der Waals surface area contributed by atoms with E-state index in [9.17, 15) is 14.9 Å². The Morgan fingerprint density at radius 2 is 2.00 bits per heavy atom. The molecule has 3 aromatic rings. The Balaban J connectivity index is 1.87. The number of aryl methyl sites for hydroxylation is 1. The van der Waals surface area contributed by atoms with Crippen molar-refractivity contribution in [2.45, 2.75) is 6.92 Å². The van der Waals surface area contributed by atoms with E-state index in [0.717, 1.165) is 15.8 Å². The predicted octanol–water partition coefficient (Wildman–Crippen LogP) is 4.12. The maximum absolute atomic E-state index is 12.9. The minimum atomic E-state index is -0.453. The molecule has 0 unspecified atom stereocenters. The van der Waals surface area contributed by atoms with E-state index >= 15 is 0 Å². The first-order valence-electron chi connectivity index (χ1n) is 9.09. The molecule has 0 aliphatic heterocycles. The second-order valence-corrected chi connectivity index (χ2v) is 7.96. The fourth-order valence-corrected chi connectivity index (χ4v) is 3.83. The molecule has 7 nitrogen and oxygen atoms in total. The average Bonchev–Trinajstić information content (AvgIpc) is 3.09. The van der Waals surface area contributed by atoms with Gasteiger partial charge in [0.05, 0.1) is 15.1 Å². The molecular formula is C21H22N4O3S. The number of nitro groups is 1. The van der Waals surface area contributed by atoms with Gasteiger partial charge in [0.15, 0.2) is 5.13 Å². The van der Waals surface area contributed by atoms with E-state index in [0.29, 0.717) is 23.8 Å². The molecule has 0 atom stereocenters. The minimum Gasteiger partial charge on any atom is -0.308 e. The standard InChI is InChI=1S/C21H22N4O3S/c1-15-7-9-18-19(13-15)29-21(22-18)24(12-11-23(2)3)20(26)10-8-16-5-4-6-17(14-16)25(27)28/h4-10,13-14H,11-12H2,1-3H3. The molecule has 0 spiro atoms. The number of aromatic nitrogens is 1. The molecule has 1 heterocycles. The van der Waals surface area contributed by atoms with E-state index in [1.165, 1.54) is 29.5 Å². The van der Waals surface area contributed by atoms with Crippen LogP contribution in [0, 0.1) is 17.0 Å². The molecule has 0 aliphatic carbocycles. The Labute approximate surface area is 173 Å². The molecule has 29 heavy (non-hydrogen) atoms. The summed E-state index contributed by atoms with van der Waals surface area (Å²) in [5, 5.41) is 11.6. The summed E-state index contributed by atoms with van der Waals surface area (Å²) in [5.74, 6) is -0.214. The van der Waals surface area contributed by atoms with Crippen LogP contribution >= 0.6 is 11.3 Å². The molecule has 0 saturated carbocycles. The third-order valence-electron chi connectivity index (χ3n) is 4.30. The highest BCUT2D eigenvalue weighted by Crippen LogP contribution is 2.29. The SMILES string of the molecule is Cc1ccc2nc(N(CCN(C)C)C(=O)C=Cc3cccc([N+](=O)[O-])c3)sc2c1. The van der Waals surface area contributed by atoms with Crippen molar-refractivity contribution in [3.63, 3.8) is 0 Å². The van der Waals surface area contributed by atoms with E-state index in [1.807, 2.05) is 38.1 Å². The van der Waals surface area contributed by atoms with Gasteiger partial charge in [-0.05, 0) is 50.4 Å². The van der Waals surface area contributed by atoms with Crippen molar-refractivity contribution in [3.8, 4) is 0 Å². The molecule has 150 valence electrons. The summed E-state index contributed by atoms with van der Waals surface area (Å²) in [6.07, 6.45) is 3.03. The number of nitro benzene ring substituents is 1. The third-order valence-corrected chi connectivity index (χ3v) is 5.34. The molecular weight excluding hydrogens is 388 g/mol. The summed E-state index contributed by atoms with van der Waals surface area (Å²) < 4.78 is 1.03. The summed E-state index contributed by atoms with van der Waals surface area (Å²) in [6.45, 7) is 3.20.